The van der Waals surface area contributed by atoms with Crippen molar-refractivity contribution in [2.24, 2.45) is 0 Å². The lowest BCUT2D eigenvalue weighted by molar-refractivity contribution is 0.0692. The number of benzene rings is 2. The molecule has 0 saturated heterocycles. The molecule has 0 bridgehead atoms. The Bertz CT molecular complexity index is 876. The molecule has 0 aliphatic heterocycles. The smallest absolute Gasteiger partial charge is 0.336 e. The number of carbonyl (C=O) groups is 2. The van der Waals surface area contributed by atoms with E-state index in [1.807, 2.05) is 6.92 Å². The minimum absolute atomic E-state index is 0.0244. The van der Waals surface area contributed by atoms with Gasteiger partial charge in [0.2, 0.25) is 10.0 Å². The molecule has 0 fully saturated rings. The number of amides is 1. The molecule has 0 aliphatic rings. The summed E-state index contributed by atoms with van der Waals surface area (Å²) in [6, 6.07) is 11.5. The van der Waals surface area contributed by atoms with Crippen LogP contribution < -0.4 is 10.0 Å². The monoisotopic (exact) mass is 362 g/mol. The van der Waals surface area contributed by atoms with Crippen molar-refractivity contribution in [3.8, 4) is 0 Å². The molecule has 7 nitrogen and oxygen atoms in total. The van der Waals surface area contributed by atoms with Gasteiger partial charge < -0.3 is 10.4 Å². The standard InChI is InChI=1S/C17H18N2O5S/c1-2-11-18-25(23,24)13-9-7-12(8-10-13)19-16(20)14-5-3-4-6-15(14)17(21)22/h3-10,18H,2,11H2,1H3,(H,19,20)(H,21,22). The summed E-state index contributed by atoms with van der Waals surface area (Å²) in [5.41, 5.74) is 0.277. The van der Waals surface area contributed by atoms with Crippen LogP contribution in [0.25, 0.3) is 0 Å². The number of hydrogen-bond donors (Lipinski definition) is 3. The molecular weight excluding hydrogens is 344 g/mol. The van der Waals surface area contributed by atoms with Gasteiger partial charge in [0, 0.05) is 12.2 Å². The number of carboxylic acid groups (broad SMARTS) is 1. The van der Waals surface area contributed by atoms with Crippen molar-refractivity contribution in [2.45, 2.75) is 18.2 Å². The van der Waals surface area contributed by atoms with Gasteiger partial charge in [0.1, 0.15) is 0 Å². The van der Waals surface area contributed by atoms with Crippen molar-refractivity contribution in [1.29, 1.82) is 0 Å². The predicted molar refractivity (Wildman–Crippen MR) is 93.3 cm³/mol. The van der Waals surface area contributed by atoms with E-state index in [9.17, 15) is 18.0 Å². The molecule has 0 atom stereocenters. The summed E-state index contributed by atoms with van der Waals surface area (Å²) in [5, 5.41) is 11.7. The summed E-state index contributed by atoms with van der Waals surface area (Å²) in [6.07, 6.45) is 0.677. The van der Waals surface area contributed by atoms with Gasteiger partial charge in [-0.05, 0) is 42.8 Å². The zero-order chi connectivity index (χ0) is 18.4. The maximum atomic E-state index is 12.3. The molecule has 3 N–H and O–H groups in total. The van der Waals surface area contributed by atoms with Gasteiger partial charge in [-0.1, -0.05) is 19.1 Å². The van der Waals surface area contributed by atoms with Crippen molar-refractivity contribution < 1.29 is 23.1 Å². The molecule has 2 aromatic carbocycles. The minimum atomic E-state index is -3.58. The van der Waals surface area contributed by atoms with Crippen LogP contribution in [-0.2, 0) is 10.0 Å². The fraction of sp³-hybridized carbons (Fsp3) is 0.176. The topological polar surface area (TPSA) is 113 Å². The highest BCUT2D eigenvalue weighted by molar-refractivity contribution is 7.89. The first-order valence-electron chi connectivity index (χ1n) is 7.58. The first-order valence-corrected chi connectivity index (χ1v) is 9.07. The van der Waals surface area contributed by atoms with Gasteiger partial charge in [-0.15, -0.1) is 0 Å². The Hall–Kier alpha value is -2.71. The highest BCUT2D eigenvalue weighted by atomic mass is 32.2. The zero-order valence-electron chi connectivity index (χ0n) is 13.5. The summed E-state index contributed by atoms with van der Waals surface area (Å²) in [4.78, 5) is 23.5. The summed E-state index contributed by atoms with van der Waals surface area (Å²) in [5.74, 6) is -1.79. The summed E-state index contributed by atoms with van der Waals surface area (Å²) in [7, 11) is -3.58. The molecule has 0 unspecified atom stereocenters. The average Bonchev–Trinajstić information content (AvgIpc) is 2.60. The van der Waals surface area contributed by atoms with E-state index in [1.54, 1.807) is 6.07 Å². The molecule has 2 aromatic rings. The van der Waals surface area contributed by atoms with E-state index in [2.05, 4.69) is 10.0 Å². The van der Waals surface area contributed by atoms with Crippen molar-refractivity contribution in [2.75, 3.05) is 11.9 Å². The second kappa shape index (κ2) is 7.91. The third kappa shape index (κ3) is 4.65. The second-order valence-electron chi connectivity index (χ2n) is 5.23. The molecule has 0 saturated carbocycles. The van der Waals surface area contributed by atoms with E-state index >= 15 is 0 Å². The number of sulfonamides is 1. The average molecular weight is 362 g/mol. The third-order valence-electron chi connectivity index (χ3n) is 3.37. The van der Waals surface area contributed by atoms with Crippen LogP contribution in [0.1, 0.15) is 34.1 Å². The van der Waals surface area contributed by atoms with E-state index in [1.165, 1.54) is 42.5 Å². The quantitative estimate of drug-likeness (QED) is 0.700. The summed E-state index contributed by atoms with van der Waals surface area (Å²) >= 11 is 0. The fourth-order valence-corrected chi connectivity index (χ4v) is 3.24. The second-order valence-corrected chi connectivity index (χ2v) is 6.99. The SMILES string of the molecule is CCCNS(=O)(=O)c1ccc(NC(=O)c2ccccc2C(=O)O)cc1. The maximum absolute atomic E-state index is 12.3. The molecule has 25 heavy (non-hydrogen) atoms. The van der Waals surface area contributed by atoms with Crippen LogP contribution in [0.2, 0.25) is 0 Å². The van der Waals surface area contributed by atoms with Crippen LogP contribution in [0.15, 0.2) is 53.4 Å². The van der Waals surface area contributed by atoms with E-state index in [-0.39, 0.29) is 16.0 Å². The number of hydrogen-bond acceptors (Lipinski definition) is 4. The van der Waals surface area contributed by atoms with Crippen LogP contribution in [-0.4, -0.2) is 31.9 Å². The van der Waals surface area contributed by atoms with Crippen LogP contribution in [0.4, 0.5) is 5.69 Å². The van der Waals surface area contributed by atoms with Crippen LogP contribution in [0, 0.1) is 0 Å². The molecule has 8 heteroatoms. The van der Waals surface area contributed by atoms with E-state index in [0.717, 1.165) is 0 Å². The summed E-state index contributed by atoms with van der Waals surface area (Å²) in [6.45, 7) is 2.20. The Labute approximate surface area is 145 Å². The molecule has 0 heterocycles. The molecule has 0 aromatic heterocycles. The highest BCUT2D eigenvalue weighted by Gasteiger charge is 2.17. The van der Waals surface area contributed by atoms with Crippen LogP contribution >= 0.6 is 0 Å². The lowest BCUT2D eigenvalue weighted by Gasteiger charge is -2.09. The predicted octanol–water partition coefficient (Wildman–Crippen LogP) is 2.33. The minimum Gasteiger partial charge on any atom is -0.478 e. The van der Waals surface area contributed by atoms with Crippen molar-refractivity contribution >= 4 is 27.6 Å². The molecule has 0 aliphatic carbocycles. The lowest BCUT2D eigenvalue weighted by Crippen LogP contribution is -2.24. The first-order chi connectivity index (χ1) is 11.8. The normalized spacial score (nSPS) is 11.1. The van der Waals surface area contributed by atoms with E-state index in [0.29, 0.717) is 18.7 Å². The number of anilines is 1. The third-order valence-corrected chi connectivity index (χ3v) is 4.84. The Morgan fingerprint density at radius 1 is 1.00 bits per heavy atom. The van der Waals surface area contributed by atoms with Crippen LogP contribution in [0.3, 0.4) is 0 Å². The number of carbonyl (C=O) groups excluding carboxylic acids is 1. The van der Waals surface area contributed by atoms with E-state index in [4.69, 9.17) is 5.11 Å². The fourth-order valence-electron chi connectivity index (χ4n) is 2.10. The Balaban J connectivity index is 2.17. The van der Waals surface area contributed by atoms with Crippen molar-refractivity contribution in [3.63, 3.8) is 0 Å². The summed E-state index contributed by atoms with van der Waals surface area (Å²) < 4.78 is 26.5. The number of aromatic carboxylic acids is 1. The lowest BCUT2D eigenvalue weighted by atomic mass is 10.1. The largest absolute Gasteiger partial charge is 0.478 e. The Morgan fingerprint density at radius 3 is 2.16 bits per heavy atom. The maximum Gasteiger partial charge on any atom is 0.336 e. The van der Waals surface area contributed by atoms with Gasteiger partial charge >= 0.3 is 5.97 Å². The first kappa shape index (κ1) is 18.6. The highest BCUT2D eigenvalue weighted by Crippen LogP contribution is 2.16. The number of nitrogens with one attached hydrogen (secondary N) is 2. The Kier molecular flexibility index (Phi) is 5.89. The molecule has 1 amide bonds. The van der Waals surface area contributed by atoms with Gasteiger partial charge in [0.15, 0.2) is 0 Å². The van der Waals surface area contributed by atoms with Gasteiger partial charge in [0.05, 0.1) is 16.0 Å². The van der Waals surface area contributed by atoms with Crippen molar-refractivity contribution in [3.05, 3.63) is 59.7 Å². The van der Waals surface area contributed by atoms with Gasteiger partial charge in [-0.3, -0.25) is 4.79 Å². The van der Waals surface area contributed by atoms with E-state index < -0.39 is 21.9 Å². The van der Waals surface area contributed by atoms with Gasteiger partial charge in [0.25, 0.3) is 5.91 Å². The zero-order valence-corrected chi connectivity index (χ0v) is 14.3. The van der Waals surface area contributed by atoms with Crippen LogP contribution in [0.5, 0.6) is 0 Å². The number of carboxylic acids is 1. The molecule has 0 radical (unpaired) electrons. The number of rotatable bonds is 7. The van der Waals surface area contributed by atoms with Crippen molar-refractivity contribution in [1.82, 2.24) is 4.72 Å². The van der Waals surface area contributed by atoms with Gasteiger partial charge in [-0.25, -0.2) is 17.9 Å². The van der Waals surface area contributed by atoms with Gasteiger partial charge in [-0.2, -0.15) is 0 Å². The molecular formula is C17H18N2O5S. The molecule has 2 rings (SSSR count). The molecule has 0 spiro atoms. The molecule has 132 valence electrons. The Morgan fingerprint density at radius 2 is 1.60 bits per heavy atom.